The summed E-state index contributed by atoms with van der Waals surface area (Å²) in [5.41, 5.74) is 1.41. The molecule has 1 fully saturated rings. The maximum Gasteiger partial charge on any atom is 0.0948 e. The minimum absolute atomic E-state index is 0.677. The van der Waals surface area contributed by atoms with Crippen molar-refractivity contribution >= 4 is 0 Å². The maximum atomic E-state index is 4.25. The van der Waals surface area contributed by atoms with Crippen molar-refractivity contribution in [1.29, 1.82) is 0 Å². The second-order valence-electron chi connectivity index (χ2n) is 4.55. The van der Waals surface area contributed by atoms with E-state index < -0.39 is 0 Å². The van der Waals surface area contributed by atoms with E-state index in [2.05, 4.69) is 28.7 Å². The van der Waals surface area contributed by atoms with Crippen LogP contribution in [0.25, 0.3) is 0 Å². The Morgan fingerprint density at radius 2 is 2.50 bits per heavy atom. The van der Waals surface area contributed by atoms with Gasteiger partial charge in [0, 0.05) is 30.9 Å². The van der Waals surface area contributed by atoms with Gasteiger partial charge < -0.3 is 9.88 Å². The first-order valence-corrected chi connectivity index (χ1v) is 5.48. The summed E-state index contributed by atoms with van der Waals surface area (Å²) in [6, 6.07) is 0. The molecule has 2 rings (SSSR count). The zero-order valence-electron chi connectivity index (χ0n) is 9.03. The molecule has 0 spiro atoms. The molecule has 0 saturated carbocycles. The lowest BCUT2D eigenvalue weighted by atomic mass is 10.1. The minimum Gasteiger partial charge on any atom is -0.334 e. The summed E-state index contributed by atoms with van der Waals surface area (Å²) < 4.78 is 2.31. The van der Waals surface area contributed by atoms with Gasteiger partial charge in [0.1, 0.15) is 0 Å². The standard InChI is InChI=1S/C11H19N3/c1-9(2)7-14-8-13-6-11(14)10-3-4-12-5-10/h6,8-10,12H,3-5,7H2,1-2H3. The number of hydrogen-bond donors (Lipinski definition) is 1. The van der Waals surface area contributed by atoms with Crippen molar-refractivity contribution in [3.63, 3.8) is 0 Å². The number of nitrogens with one attached hydrogen (secondary N) is 1. The highest BCUT2D eigenvalue weighted by Gasteiger charge is 2.20. The second-order valence-corrected chi connectivity index (χ2v) is 4.55. The normalized spacial score (nSPS) is 22.1. The van der Waals surface area contributed by atoms with Gasteiger partial charge in [-0.05, 0) is 18.9 Å². The Labute approximate surface area is 85.5 Å². The molecule has 1 aliphatic heterocycles. The molecular formula is C11H19N3. The van der Waals surface area contributed by atoms with Crippen molar-refractivity contribution < 1.29 is 0 Å². The van der Waals surface area contributed by atoms with Crippen LogP contribution in [0.5, 0.6) is 0 Å². The average molecular weight is 193 g/mol. The second kappa shape index (κ2) is 4.13. The molecule has 1 aromatic rings. The molecule has 78 valence electrons. The molecular weight excluding hydrogens is 174 g/mol. The first-order chi connectivity index (χ1) is 6.77. The van der Waals surface area contributed by atoms with Gasteiger partial charge in [-0.15, -0.1) is 0 Å². The molecule has 1 N–H and O–H groups in total. The third kappa shape index (κ3) is 1.98. The van der Waals surface area contributed by atoms with E-state index in [4.69, 9.17) is 0 Å². The van der Waals surface area contributed by atoms with E-state index >= 15 is 0 Å². The van der Waals surface area contributed by atoms with Gasteiger partial charge in [0.05, 0.1) is 6.33 Å². The van der Waals surface area contributed by atoms with Crippen LogP contribution >= 0.6 is 0 Å². The van der Waals surface area contributed by atoms with Gasteiger partial charge in [-0.25, -0.2) is 4.98 Å². The molecule has 0 aromatic carbocycles. The van der Waals surface area contributed by atoms with Gasteiger partial charge in [0.2, 0.25) is 0 Å². The Balaban J connectivity index is 2.12. The predicted molar refractivity (Wildman–Crippen MR) is 57.3 cm³/mol. The zero-order chi connectivity index (χ0) is 9.97. The predicted octanol–water partition coefficient (Wildman–Crippen LogP) is 1.62. The zero-order valence-corrected chi connectivity index (χ0v) is 9.03. The monoisotopic (exact) mass is 193 g/mol. The van der Waals surface area contributed by atoms with Crippen LogP contribution in [0.1, 0.15) is 31.9 Å². The van der Waals surface area contributed by atoms with Crippen molar-refractivity contribution in [3.8, 4) is 0 Å². The number of rotatable bonds is 3. The summed E-state index contributed by atoms with van der Waals surface area (Å²) in [5, 5.41) is 3.40. The summed E-state index contributed by atoms with van der Waals surface area (Å²) in [7, 11) is 0. The molecule has 0 aliphatic carbocycles. The van der Waals surface area contributed by atoms with Gasteiger partial charge in [-0.2, -0.15) is 0 Å². The van der Waals surface area contributed by atoms with Gasteiger partial charge in [-0.1, -0.05) is 13.8 Å². The van der Waals surface area contributed by atoms with Crippen molar-refractivity contribution in [3.05, 3.63) is 18.2 Å². The summed E-state index contributed by atoms with van der Waals surface area (Å²) in [6.07, 6.45) is 5.25. The van der Waals surface area contributed by atoms with Crippen LogP contribution in [0.2, 0.25) is 0 Å². The van der Waals surface area contributed by atoms with Crippen molar-refractivity contribution in [1.82, 2.24) is 14.9 Å². The fraction of sp³-hybridized carbons (Fsp3) is 0.727. The first kappa shape index (κ1) is 9.71. The minimum atomic E-state index is 0.677. The fourth-order valence-corrected chi connectivity index (χ4v) is 2.12. The van der Waals surface area contributed by atoms with E-state index in [1.807, 2.05) is 12.5 Å². The molecule has 14 heavy (non-hydrogen) atoms. The highest BCUT2D eigenvalue weighted by molar-refractivity contribution is 5.09. The molecule has 2 heterocycles. The number of imidazole rings is 1. The number of nitrogens with zero attached hydrogens (tertiary/aromatic N) is 2. The van der Waals surface area contributed by atoms with Crippen molar-refractivity contribution in [2.45, 2.75) is 32.7 Å². The lowest BCUT2D eigenvalue weighted by Crippen LogP contribution is -2.13. The Morgan fingerprint density at radius 3 is 3.14 bits per heavy atom. The molecule has 0 radical (unpaired) electrons. The lowest BCUT2D eigenvalue weighted by Gasteiger charge is -2.14. The summed E-state index contributed by atoms with van der Waals surface area (Å²) in [5.74, 6) is 1.37. The highest BCUT2D eigenvalue weighted by atomic mass is 15.1. The largest absolute Gasteiger partial charge is 0.334 e. The molecule has 1 saturated heterocycles. The van der Waals surface area contributed by atoms with Crippen LogP contribution in [-0.4, -0.2) is 22.6 Å². The van der Waals surface area contributed by atoms with Crippen LogP contribution in [0.4, 0.5) is 0 Å². The Hall–Kier alpha value is -0.830. The molecule has 3 nitrogen and oxygen atoms in total. The molecule has 1 unspecified atom stereocenters. The summed E-state index contributed by atoms with van der Waals surface area (Å²) in [4.78, 5) is 4.25. The molecule has 3 heteroatoms. The quantitative estimate of drug-likeness (QED) is 0.790. The Bertz CT molecular complexity index is 284. The maximum absolute atomic E-state index is 4.25. The average Bonchev–Trinajstić information content (AvgIpc) is 2.70. The van der Waals surface area contributed by atoms with Crippen LogP contribution in [0, 0.1) is 5.92 Å². The number of hydrogen-bond acceptors (Lipinski definition) is 2. The fourth-order valence-electron chi connectivity index (χ4n) is 2.12. The lowest BCUT2D eigenvalue weighted by molar-refractivity contribution is 0.497. The van der Waals surface area contributed by atoms with Gasteiger partial charge in [-0.3, -0.25) is 0 Å². The van der Waals surface area contributed by atoms with Crippen LogP contribution < -0.4 is 5.32 Å². The van der Waals surface area contributed by atoms with E-state index in [0.717, 1.165) is 19.6 Å². The number of aromatic nitrogens is 2. The third-order valence-corrected chi connectivity index (χ3v) is 2.78. The van der Waals surface area contributed by atoms with Crippen molar-refractivity contribution in [2.75, 3.05) is 13.1 Å². The smallest absolute Gasteiger partial charge is 0.0948 e. The summed E-state index contributed by atoms with van der Waals surface area (Å²) >= 11 is 0. The van der Waals surface area contributed by atoms with Gasteiger partial charge >= 0.3 is 0 Å². The Kier molecular flexibility index (Phi) is 2.87. The van der Waals surface area contributed by atoms with E-state index in [1.54, 1.807) is 0 Å². The molecule has 0 amide bonds. The third-order valence-electron chi connectivity index (χ3n) is 2.78. The molecule has 1 aromatic heterocycles. The van der Waals surface area contributed by atoms with Gasteiger partial charge in [0.15, 0.2) is 0 Å². The topological polar surface area (TPSA) is 29.9 Å². The van der Waals surface area contributed by atoms with Crippen LogP contribution in [-0.2, 0) is 6.54 Å². The highest BCUT2D eigenvalue weighted by Crippen LogP contribution is 2.22. The molecule has 1 aliphatic rings. The van der Waals surface area contributed by atoms with E-state index in [1.165, 1.54) is 12.1 Å². The van der Waals surface area contributed by atoms with Crippen LogP contribution in [0.3, 0.4) is 0 Å². The molecule has 1 atom stereocenters. The van der Waals surface area contributed by atoms with E-state index in [0.29, 0.717) is 11.8 Å². The van der Waals surface area contributed by atoms with E-state index in [9.17, 15) is 0 Å². The first-order valence-electron chi connectivity index (χ1n) is 5.48. The van der Waals surface area contributed by atoms with Gasteiger partial charge in [0.25, 0.3) is 0 Å². The van der Waals surface area contributed by atoms with Crippen molar-refractivity contribution in [2.24, 2.45) is 5.92 Å². The van der Waals surface area contributed by atoms with E-state index in [-0.39, 0.29) is 0 Å². The molecule has 0 bridgehead atoms. The Morgan fingerprint density at radius 1 is 1.64 bits per heavy atom. The SMILES string of the molecule is CC(C)Cn1cncc1C1CCNC1. The van der Waals surface area contributed by atoms with Crippen LogP contribution in [0.15, 0.2) is 12.5 Å². The summed E-state index contributed by atoms with van der Waals surface area (Å²) in [6.45, 7) is 7.85.